The first-order valence-electron chi connectivity index (χ1n) is 7.56. The van der Waals surface area contributed by atoms with Crippen molar-refractivity contribution in [2.24, 2.45) is 7.05 Å². The molecule has 6 heteroatoms. The number of aromatic nitrogens is 4. The lowest BCUT2D eigenvalue weighted by atomic mass is 10.1. The van der Waals surface area contributed by atoms with E-state index < -0.39 is 0 Å². The van der Waals surface area contributed by atoms with Gasteiger partial charge in [0.2, 0.25) is 0 Å². The number of rotatable bonds is 7. The minimum absolute atomic E-state index is 0.138. The zero-order valence-electron chi connectivity index (χ0n) is 13.2. The van der Waals surface area contributed by atoms with Crippen molar-refractivity contribution in [2.75, 3.05) is 6.54 Å². The number of halogens is 1. The molecule has 0 saturated carbocycles. The van der Waals surface area contributed by atoms with E-state index in [4.69, 9.17) is 11.6 Å². The van der Waals surface area contributed by atoms with E-state index in [9.17, 15) is 0 Å². The smallest absolute Gasteiger partial charge is 0.125 e. The Morgan fingerprint density at radius 1 is 1.33 bits per heavy atom. The first kappa shape index (κ1) is 16.0. The zero-order valence-corrected chi connectivity index (χ0v) is 14.0. The number of imidazole rings is 1. The third-order valence-electron chi connectivity index (χ3n) is 3.71. The van der Waals surface area contributed by atoms with Crippen molar-refractivity contribution in [3.63, 3.8) is 0 Å². The van der Waals surface area contributed by atoms with Crippen LogP contribution in [-0.4, -0.2) is 25.9 Å². The highest BCUT2D eigenvalue weighted by atomic mass is 35.5. The molecule has 0 saturated heterocycles. The number of hydrogen-bond acceptors (Lipinski definition) is 3. The molecule has 2 aromatic heterocycles. The van der Waals surface area contributed by atoms with Gasteiger partial charge in [0.15, 0.2) is 0 Å². The summed E-state index contributed by atoms with van der Waals surface area (Å²) in [6.45, 7) is 7.99. The maximum atomic E-state index is 6.52. The van der Waals surface area contributed by atoms with Crippen molar-refractivity contribution in [1.29, 1.82) is 0 Å². The Morgan fingerprint density at radius 3 is 2.62 bits per heavy atom. The molecule has 2 rings (SSSR count). The van der Waals surface area contributed by atoms with Gasteiger partial charge in [-0.1, -0.05) is 25.4 Å². The van der Waals surface area contributed by atoms with E-state index in [-0.39, 0.29) is 6.04 Å². The Morgan fingerprint density at radius 2 is 2.10 bits per heavy atom. The van der Waals surface area contributed by atoms with Crippen molar-refractivity contribution < 1.29 is 0 Å². The Labute approximate surface area is 131 Å². The zero-order chi connectivity index (χ0) is 15.4. The Hall–Kier alpha value is -1.33. The first-order chi connectivity index (χ1) is 10.1. The molecule has 1 atom stereocenters. The topological polar surface area (TPSA) is 47.7 Å². The van der Waals surface area contributed by atoms with Crippen molar-refractivity contribution in [1.82, 2.24) is 24.6 Å². The van der Waals surface area contributed by atoms with Crippen LogP contribution in [-0.2, 0) is 26.4 Å². The van der Waals surface area contributed by atoms with E-state index in [1.54, 1.807) is 0 Å². The summed E-state index contributed by atoms with van der Waals surface area (Å²) in [5, 5.41) is 8.89. The van der Waals surface area contributed by atoms with Crippen molar-refractivity contribution in [2.45, 2.75) is 46.2 Å². The van der Waals surface area contributed by atoms with Crippen LogP contribution in [0, 0.1) is 0 Å². The van der Waals surface area contributed by atoms with Crippen LogP contribution in [0.25, 0.3) is 0 Å². The largest absolute Gasteiger partial charge is 0.337 e. The first-order valence-corrected chi connectivity index (χ1v) is 7.94. The molecule has 1 unspecified atom stereocenters. The van der Waals surface area contributed by atoms with Crippen LogP contribution in [0.5, 0.6) is 0 Å². The second-order valence-electron chi connectivity index (χ2n) is 5.09. The van der Waals surface area contributed by atoms with E-state index in [0.29, 0.717) is 0 Å². The summed E-state index contributed by atoms with van der Waals surface area (Å²) in [6, 6.07) is 0.138. The van der Waals surface area contributed by atoms with Gasteiger partial charge in [0, 0.05) is 32.4 Å². The predicted molar refractivity (Wildman–Crippen MR) is 85.6 cm³/mol. The highest BCUT2D eigenvalue weighted by molar-refractivity contribution is 6.31. The fraction of sp³-hybridized carbons (Fsp3) is 0.600. The van der Waals surface area contributed by atoms with Gasteiger partial charge in [-0.3, -0.25) is 4.68 Å². The summed E-state index contributed by atoms with van der Waals surface area (Å²) >= 11 is 6.52. The minimum atomic E-state index is 0.138. The molecule has 2 heterocycles. The molecule has 0 aliphatic carbocycles. The van der Waals surface area contributed by atoms with Gasteiger partial charge in [-0.2, -0.15) is 5.10 Å². The third kappa shape index (κ3) is 3.30. The number of hydrogen-bond donors (Lipinski definition) is 1. The molecule has 0 spiro atoms. The van der Waals surface area contributed by atoms with Crippen LogP contribution in [0.1, 0.15) is 44.0 Å². The van der Waals surface area contributed by atoms with Crippen LogP contribution in [0.15, 0.2) is 12.4 Å². The number of aryl methyl sites for hydroxylation is 3. The quantitative estimate of drug-likeness (QED) is 0.855. The summed E-state index contributed by atoms with van der Waals surface area (Å²) in [7, 11) is 2.02. The summed E-state index contributed by atoms with van der Waals surface area (Å²) < 4.78 is 4.06. The monoisotopic (exact) mass is 309 g/mol. The predicted octanol–water partition coefficient (Wildman–Crippen LogP) is 2.75. The standard InChI is InChI=1S/C15H24ClN5/c1-5-11-14(16)13(21(7-3)19-11)10-12(17-6-2)15-18-8-9-20(15)4/h8-9,12,17H,5-7,10H2,1-4H3. The Balaban J connectivity index is 2.33. The molecule has 0 aliphatic heterocycles. The van der Waals surface area contributed by atoms with Gasteiger partial charge >= 0.3 is 0 Å². The number of likely N-dealkylation sites (N-methyl/N-ethyl adjacent to an activating group) is 1. The maximum absolute atomic E-state index is 6.52. The van der Waals surface area contributed by atoms with Gasteiger partial charge in [-0.05, 0) is 19.9 Å². The van der Waals surface area contributed by atoms with E-state index >= 15 is 0 Å². The second kappa shape index (κ2) is 7.09. The normalized spacial score (nSPS) is 12.8. The Bertz CT molecular complexity index is 587. The number of nitrogens with zero attached hydrogens (tertiary/aromatic N) is 4. The summed E-state index contributed by atoms with van der Waals surface area (Å²) in [5.41, 5.74) is 2.06. The molecule has 0 aliphatic rings. The van der Waals surface area contributed by atoms with Crippen molar-refractivity contribution >= 4 is 11.6 Å². The molecule has 0 bridgehead atoms. The van der Waals surface area contributed by atoms with Crippen LogP contribution < -0.4 is 5.32 Å². The SMILES string of the molecule is CCNC(Cc1c(Cl)c(CC)nn1CC)c1nccn1C. The molecule has 0 radical (unpaired) electrons. The van der Waals surface area contributed by atoms with Gasteiger partial charge < -0.3 is 9.88 Å². The lowest BCUT2D eigenvalue weighted by Crippen LogP contribution is -2.26. The summed E-state index contributed by atoms with van der Waals surface area (Å²) in [4.78, 5) is 4.47. The fourth-order valence-corrected chi connectivity index (χ4v) is 2.97. The average molecular weight is 310 g/mol. The minimum Gasteiger partial charge on any atom is -0.337 e. The number of nitrogens with one attached hydrogen (secondary N) is 1. The lowest BCUT2D eigenvalue weighted by Gasteiger charge is -2.18. The van der Waals surface area contributed by atoms with Crippen LogP contribution in [0.3, 0.4) is 0 Å². The van der Waals surface area contributed by atoms with Gasteiger partial charge in [-0.25, -0.2) is 4.98 Å². The molecular weight excluding hydrogens is 286 g/mol. The highest BCUT2D eigenvalue weighted by Gasteiger charge is 2.21. The Kier molecular flexibility index (Phi) is 5.42. The molecular formula is C15H24ClN5. The van der Waals surface area contributed by atoms with Gasteiger partial charge in [-0.15, -0.1) is 0 Å². The molecule has 1 N–H and O–H groups in total. The average Bonchev–Trinajstić information content (AvgIpc) is 3.03. The van der Waals surface area contributed by atoms with Crippen LogP contribution in [0.2, 0.25) is 5.02 Å². The summed E-state index contributed by atoms with van der Waals surface area (Å²) in [5.74, 6) is 1.02. The third-order valence-corrected chi connectivity index (χ3v) is 4.15. The van der Waals surface area contributed by atoms with E-state index in [2.05, 4.69) is 40.7 Å². The molecule has 2 aromatic rings. The molecule has 0 aromatic carbocycles. The van der Waals surface area contributed by atoms with E-state index in [0.717, 1.165) is 48.2 Å². The van der Waals surface area contributed by atoms with Gasteiger partial charge in [0.1, 0.15) is 5.82 Å². The molecule has 5 nitrogen and oxygen atoms in total. The van der Waals surface area contributed by atoms with Crippen molar-refractivity contribution in [3.05, 3.63) is 34.6 Å². The second-order valence-corrected chi connectivity index (χ2v) is 5.47. The fourth-order valence-electron chi connectivity index (χ4n) is 2.62. The van der Waals surface area contributed by atoms with Crippen molar-refractivity contribution in [3.8, 4) is 0 Å². The van der Waals surface area contributed by atoms with E-state index in [1.165, 1.54) is 0 Å². The summed E-state index contributed by atoms with van der Waals surface area (Å²) in [6.07, 6.45) is 5.44. The van der Waals surface area contributed by atoms with Gasteiger partial charge in [0.05, 0.1) is 22.5 Å². The molecule has 0 fully saturated rings. The molecule has 0 amide bonds. The van der Waals surface area contributed by atoms with Gasteiger partial charge in [0.25, 0.3) is 0 Å². The highest BCUT2D eigenvalue weighted by Crippen LogP contribution is 2.26. The van der Waals surface area contributed by atoms with Crippen LogP contribution in [0.4, 0.5) is 0 Å². The molecule has 21 heavy (non-hydrogen) atoms. The maximum Gasteiger partial charge on any atom is 0.125 e. The van der Waals surface area contributed by atoms with E-state index in [1.807, 2.05) is 24.1 Å². The molecule has 116 valence electrons. The lowest BCUT2D eigenvalue weighted by molar-refractivity contribution is 0.484. The van der Waals surface area contributed by atoms with Crippen LogP contribution >= 0.6 is 11.6 Å².